The van der Waals surface area contributed by atoms with Crippen LogP contribution in [0.3, 0.4) is 0 Å². The number of anilines is 1. The number of carbonyl (C=O) groups is 2. The molecule has 0 aliphatic carbocycles. The lowest BCUT2D eigenvalue weighted by Gasteiger charge is -2.31. The van der Waals surface area contributed by atoms with Crippen LogP contribution in [0.2, 0.25) is 0 Å². The van der Waals surface area contributed by atoms with Crippen LogP contribution < -0.4 is 20.7 Å². The molecule has 1 aromatic carbocycles. The molecule has 0 aromatic heterocycles. The van der Waals surface area contributed by atoms with Crippen molar-refractivity contribution in [2.45, 2.75) is 44.2 Å². The number of carbonyl (C=O) groups excluding carboxylic acids is 2. The van der Waals surface area contributed by atoms with Crippen LogP contribution >= 0.6 is 12.4 Å². The Morgan fingerprint density at radius 3 is 2.41 bits per heavy atom. The SMILES string of the molecule is CC(=O)Nc1ccc(S(=O)(=O)NC(C)C(=O)NC2CNCCC2C)cc1.Cl. The highest BCUT2D eigenvalue weighted by molar-refractivity contribution is 7.89. The van der Waals surface area contributed by atoms with E-state index in [1.165, 1.54) is 38.1 Å². The third-order valence-corrected chi connectivity index (χ3v) is 5.92. The number of nitrogens with one attached hydrogen (secondary N) is 4. The van der Waals surface area contributed by atoms with Crippen molar-refractivity contribution in [3.8, 4) is 0 Å². The van der Waals surface area contributed by atoms with E-state index in [9.17, 15) is 18.0 Å². The van der Waals surface area contributed by atoms with Crippen molar-refractivity contribution >= 4 is 39.9 Å². The standard InChI is InChI=1S/C17H26N4O4S.ClH/c1-11-8-9-18-10-16(11)20-17(23)12(2)21-26(24,25)15-6-4-14(5-7-15)19-13(3)22;/h4-7,11-12,16,18,21H,8-10H2,1-3H3,(H,19,22)(H,20,23);1H. The van der Waals surface area contributed by atoms with Crippen LogP contribution in [0.25, 0.3) is 0 Å². The summed E-state index contributed by atoms with van der Waals surface area (Å²) < 4.78 is 27.3. The fourth-order valence-corrected chi connectivity index (χ4v) is 3.97. The Bertz CT molecular complexity index is 755. The van der Waals surface area contributed by atoms with Crippen molar-refractivity contribution in [1.82, 2.24) is 15.4 Å². The van der Waals surface area contributed by atoms with Gasteiger partial charge in [0.2, 0.25) is 21.8 Å². The number of hydrogen-bond donors (Lipinski definition) is 4. The van der Waals surface area contributed by atoms with Crippen molar-refractivity contribution in [2.75, 3.05) is 18.4 Å². The van der Waals surface area contributed by atoms with Crippen molar-refractivity contribution < 1.29 is 18.0 Å². The minimum Gasteiger partial charge on any atom is -0.350 e. The van der Waals surface area contributed by atoms with E-state index >= 15 is 0 Å². The third kappa shape index (κ3) is 6.76. The molecule has 1 aromatic rings. The Kier molecular flexibility index (Phi) is 8.67. The van der Waals surface area contributed by atoms with Gasteiger partial charge in [-0.1, -0.05) is 6.92 Å². The molecule has 0 radical (unpaired) electrons. The largest absolute Gasteiger partial charge is 0.350 e. The Hall–Kier alpha value is -1.68. The van der Waals surface area contributed by atoms with Crippen LogP contribution in [0.5, 0.6) is 0 Å². The summed E-state index contributed by atoms with van der Waals surface area (Å²) in [5.74, 6) is -0.259. The monoisotopic (exact) mass is 418 g/mol. The summed E-state index contributed by atoms with van der Waals surface area (Å²) in [6.07, 6.45) is 0.964. The van der Waals surface area contributed by atoms with Gasteiger partial charge >= 0.3 is 0 Å². The summed E-state index contributed by atoms with van der Waals surface area (Å²) in [4.78, 5) is 23.4. The Labute approximate surface area is 166 Å². The van der Waals surface area contributed by atoms with Crippen molar-refractivity contribution in [3.63, 3.8) is 0 Å². The number of halogens is 1. The summed E-state index contributed by atoms with van der Waals surface area (Å²) in [6, 6.07) is 4.84. The summed E-state index contributed by atoms with van der Waals surface area (Å²) in [5.41, 5.74) is 0.501. The number of amides is 2. The molecular formula is C17H27ClN4O4S. The van der Waals surface area contributed by atoms with E-state index < -0.39 is 16.1 Å². The Morgan fingerprint density at radius 1 is 1.22 bits per heavy atom. The van der Waals surface area contributed by atoms with Gasteiger partial charge in [0, 0.05) is 25.2 Å². The average Bonchev–Trinajstić information content (AvgIpc) is 2.56. The van der Waals surface area contributed by atoms with Gasteiger partial charge in [-0.25, -0.2) is 8.42 Å². The molecule has 1 saturated heterocycles. The summed E-state index contributed by atoms with van der Waals surface area (Å²) >= 11 is 0. The van der Waals surface area contributed by atoms with E-state index in [0.717, 1.165) is 13.0 Å². The maximum atomic E-state index is 12.4. The first-order valence-corrected chi connectivity index (χ1v) is 10.1. The first-order chi connectivity index (χ1) is 12.2. The summed E-state index contributed by atoms with van der Waals surface area (Å²) in [7, 11) is -3.84. The molecule has 2 rings (SSSR count). The molecule has 3 unspecified atom stereocenters. The Morgan fingerprint density at radius 2 is 1.85 bits per heavy atom. The molecule has 8 nitrogen and oxygen atoms in total. The molecule has 0 saturated carbocycles. The summed E-state index contributed by atoms with van der Waals surface area (Å²) in [6.45, 7) is 6.55. The molecule has 10 heteroatoms. The van der Waals surface area contributed by atoms with Crippen LogP contribution in [0.15, 0.2) is 29.2 Å². The molecular weight excluding hydrogens is 392 g/mol. The smallest absolute Gasteiger partial charge is 0.241 e. The zero-order chi connectivity index (χ0) is 19.3. The lowest BCUT2D eigenvalue weighted by molar-refractivity contribution is -0.123. The van der Waals surface area contributed by atoms with E-state index in [-0.39, 0.29) is 35.2 Å². The number of benzene rings is 1. The first-order valence-electron chi connectivity index (χ1n) is 8.60. The average molecular weight is 419 g/mol. The highest BCUT2D eigenvalue weighted by atomic mass is 35.5. The van der Waals surface area contributed by atoms with Gasteiger partial charge in [-0.3, -0.25) is 9.59 Å². The fraction of sp³-hybridized carbons (Fsp3) is 0.529. The van der Waals surface area contributed by atoms with Crippen molar-refractivity contribution in [3.05, 3.63) is 24.3 Å². The molecule has 1 heterocycles. The molecule has 27 heavy (non-hydrogen) atoms. The minimum atomic E-state index is -3.84. The first kappa shape index (κ1) is 23.4. The zero-order valence-electron chi connectivity index (χ0n) is 15.6. The molecule has 1 fully saturated rings. The van der Waals surface area contributed by atoms with E-state index in [1.54, 1.807) is 0 Å². The lowest BCUT2D eigenvalue weighted by atomic mass is 9.94. The second-order valence-electron chi connectivity index (χ2n) is 6.63. The molecule has 1 aliphatic rings. The fourth-order valence-electron chi connectivity index (χ4n) is 2.77. The highest BCUT2D eigenvalue weighted by Crippen LogP contribution is 2.15. The second-order valence-corrected chi connectivity index (χ2v) is 8.35. The molecule has 0 bridgehead atoms. The van der Waals surface area contributed by atoms with Crippen molar-refractivity contribution in [1.29, 1.82) is 0 Å². The van der Waals surface area contributed by atoms with Crippen LogP contribution in [-0.4, -0.2) is 45.4 Å². The molecule has 0 spiro atoms. The second kappa shape index (κ2) is 10.0. The van der Waals surface area contributed by atoms with Gasteiger partial charge in [0.25, 0.3) is 0 Å². The number of sulfonamides is 1. The Balaban J connectivity index is 0.00000364. The number of piperidine rings is 1. The van der Waals surface area contributed by atoms with Gasteiger partial charge < -0.3 is 16.0 Å². The topological polar surface area (TPSA) is 116 Å². The van der Waals surface area contributed by atoms with Gasteiger partial charge in [-0.2, -0.15) is 4.72 Å². The van der Waals surface area contributed by atoms with E-state index in [4.69, 9.17) is 0 Å². The van der Waals surface area contributed by atoms with Gasteiger partial charge in [0.05, 0.1) is 10.9 Å². The predicted octanol–water partition coefficient (Wildman–Crippen LogP) is 0.848. The third-order valence-electron chi connectivity index (χ3n) is 4.37. The van der Waals surface area contributed by atoms with E-state index in [1.807, 2.05) is 0 Å². The zero-order valence-corrected chi connectivity index (χ0v) is 17.2. The van der Waals surface area contributed by atoms with Gasteiger partial charge in [0.1, 0.15) is 0 Å². The minimum absolute atomic E-state index is 0. The van der Waals surface area contributed by atoms with Crippen LogP contribution in [0, 0.1) is 5.92 Å². The molecule has 2 amide bonds. The summed E-state index contributed by atoms with van der Waals surface area (Å²) in [5, 5.41) is 8.68. The normalized spacial score (nSPS) is 20.9. The molecule has 152 valence electrons. The number of hydrogen-bond acceptors (Lipinski definition) is 5. The van der Waals surface area contributed by atoms with E-state index in [0.29, 0.717) is 18.2 Å². The predicted molar refractivity (Wildman–Crippen MR) is 106 cm³/mol. The highest BCUT2D eigenvalue weighted by Gasteiger charge is 2.27. The van der Waals surface area contributed by atoms with Crippen LogP contribution in [-0.2, 0) is 19.6 Å². The van der Waals surface area contributed by atoms with Gasteiger partial charge in [0.15, 0.2) is 0 Å². The lowest BCUT2D eigenvalue weighted by Crippen LogP contribution is -2.54. The van der Waals surface area contributed by atoms with Crippen LogP contribution in [0.4, 0.5) is 5.69 Å². The quantitative estimate of drug-likeness (QED) is 0.546. The maximum Gasteiger partial charge on any atom is 0.241 e. The van der Waals surface area contributed by atoms with Crippen molar-refractivity contribution in [2.24, 2.45) is 5.92 Å². The maximum absolute atomic E-state index is 12.4. The van der Waals surface area contributed by atoms with Gasteiger partial charge in [-0.05, 0) is 50.1 Å². The molecule has 3 atom stereocenters. The molecule has 4 N–H and O–H groups in total. The van der Waals surface area contributed by atoms with E-state index in [2.05, 4.69) is 27.6 Å². The van der Waals surface area contributed by atoms with Gasteiger partial charge in [-0.15, -0.1) is 12.4 Å². The number of rotatable bonds is 6. The van der Waals surface area contributed by atoms with Crippen LogP contribution in [0.1, 0.15) is 27.2 Å². The molecule has 1 aliphatic heterocycles.